The summed E-state index contributed by atoms with van der Waals surface area (Å²) in [6.45, 7) is -0.195. The molecule has 0 aromatic rings. The Bertz CT molecular complexity index is 478. The molecule has 0 aromatic carbocycles. The van der Waals surface area contributed by atoms with Crippen LogP contribution in [0.3, 0.4) is 0 Å². The number of hydrogen-bond donors (Lipinski definition) is 8. The third kappa shape index (κ3) is 4.31. The van der Waals surface area contributed by atoms with Gasteiger partial charge in [-0.25, -0.2) is 0 Å². The molecule has 12 heteroatoms. The zero-order valence-corrected chi connectivity index (χ0v) is 14.0. The molecule has 0 aromatic heterocycles. The number of aliphatic hydroxyl groups is 7. The lowest BCUT2D eigenvalue weighted by Gasteiger charge is -2.46. The third-order valence-corrected chi connectivity index (χ3v) is 4.38. The predicted molar refractivity (Wildman–Crippen MR) is 80.2 cm³/mol. The third-order valence-electron chi connectivity index (χ3n) is 4.38. The van der Waals surface area contributed by atoms with Gasteiger partial charge in [0.25, 0.3) is 0 Å². The monoisotopic (exact) mass is 383 g/mol. The number of nitrogens with one attached hydrogen (secondary N) is 1. The second-order valence-electron chi connectivity index (χ2n) is 6.26. The Kier molecular flexibility index (Phi) is 7.27. The smallest absolute Gasteiger partial charge is 0.217 e. The molecule has 8 N–H and O–H groups in total. The van der Waals surface area contributed by atoms with Crippen LogP contribution in [0.5, 0.6) is 0 Å². The van der Waals surface area contributed by atoms with E-state index in [9.17, 15) is 40.5 Å². The summed E-state index contributed by atoms with van der Waals surface area (Å²) in [6, 6.07) is -1.28. The fourth-order valence-electron chi connectivity index (χ4n) is 2.97. The lowest BCUT2D eigenvalue weighted by molar-refractivity contribution is -0.341. The van der Waals surface area contributed by atoms with E-state index in [1.54, 1.807) is 0 Å². The number of aliphatic hydroxyl groups excluding tert-OH is 7. The summed E-state index contributed by atoms with van der Waals surface area (Å²) < 4.78 is 15.7. The van der Waals surface area contributed by atoms with Crippen molar-refractivity contribution in [2.24, 2.45) is 0 Å². The van der Waals surface area contributed by atoms with Crippen molar-refractivity contribution in [2.45, 2.75) is 68.3 Å². The molecule has 0 spiro atoms. The molecule has 12 nitrogen and oxygen atoms in total. The van der Waals surface area contributed by atoms with Crippen molar-refractivity contribution in [2.75, 3.05) is 13.2 Å². The molecule has 0 bridgehead atoms. The molecule has 0 saturated carbocycles. The SMILES string of the molecule is CC(=O)N[C@@H]1[C@H](O[C@H]2O[C@@H](CO)[C@H](O)[C@@H](O)[C@H]2O)[C@@H](O)[C@@H](CO)O[C@@H]1O. The van der Waals surface area contributed by atoms with Crippen molar-refractivity contribution < 1.29 is 54.8 Å². The molecule has 0 aliphatic carbocycles. The van der Waals surface area contributed by atoms with Gasteiger partial charge in [0.05, 0.1) is 13.2 Å². The summed E-state index contributed by atoms with van der Waals surface area (Å²) in [5.41, 5.74) is 0. The summed E-state index contributed by atoms with van der Waals surface area (Å²) in [4.78, 5) is 11.4. The van der Waals surface area contributed by atoms with Crippen molar-refractivity contribution >= 4 is 5.91 Å². The molecule has 2 fully saturated rings. The average Bonchev–Trinajstić information content (AvgIpc) is 2.60. The van der Waals surface area contributed by atoms with E-state index < -0.39 is 80.5 Å². The van der Waals surface area contributed by atoms with Crippen LogP contribution in [0.15, 0.2) is 0 Å². The van der Waals surface area contributed by atoms with Crippen LogP contribution in [0.25, 0.3) is 0 Å². The van der Waals surface area contributed by atoms with Gasteiger partial charge in [-0.05, 0) is 0 Å². The number of carbonyl (C=O) groups excluding carboxylic acids is 1. The first-order chi connectivity index (χ1) is 12.2. The quantitative estimate of drug-likeness (QED) is 0.226. The largest absolute Gasteiger partial charge is 0.394 e. The second-order valence-corrected chi connectivity index (χ2v) is 6.26. The highest BCUT2D eigenvalue weighted by molar-refractivity contribution is 5.73. The Labute approximate surface area is 148 Å². The highest BCUT2D eigenvalue weighted by Crippen LogP contribution is 2.28. The van der Waals surface area contributed by atoms with Crippen LogP contribution in [0.1, 0.15) is 6.92 Å². The highest BCUT2D eigenvalue weighted by atomic mass is 16.7. The minimum atomic E-state index is -1.74. The van der Waals surface area contributed by atoms with E-state index in [0.29, 0.717) is 0 Å². The molecule has 152 valence electrons. The molecule has 2 rings (SSSR count). The first-order valence-electron chi connectivity index (χ1n) is 8.06. The molecule has 26 heavy (non-hydrogen) atoms. The van der Waals surface area contributed by atoms with Crippen molar-refractivity contribution in [3.63, 3.8) is 0 Å². The highest BCUT2D eigenvalue weighted by Gasteiger charge is 2.50. The molecule has 2 aliphatic heterocycles. The number of rotatable bonds is 5. The van der Waals surface area contributed by atoms with Gasteiger partial charge in [0, 0.05) is 6.92 Å². The van der Waals surface area contributed by atoms with E-state index in [-0.39, 0.29) is 0 Å². The van der Waals surface area contributed by atoms with Crippen molar-refractivity contribution in [1.82, 2.24) is 5.32 Å². The molecule has 2 heterocycles. The summed E-state index contributed by atoms with van der Waals surface area (Å²) >= 11 is 0. The lowest BCUT2D eigenvalue weighted by Crippen LogP contribution is -2.67. The van der Waals surface area contributed by atoms with Crippen LogP contribution < -0.4 is 5.32 Å². The van der Waals surface area contributed by atoms with Gasteiger partial charge < -0.3 is 55.3 Å². The van der Waals surface area contributed by atoms with Crippen molar-refractivity contribution in [3.05, 3.63) is 0 Å². The standard InChI is InChI=1S/C14H25NO11/c1-4(18)15-7-12(9(20)6(3-17)24-13(7)23)26-14-11(22)10(21)8(19)5(2-16)25-14/h5-14,16-17,19-23H,2-3H2,1H3,(H,15,18)/t5-,6+,7+,8-,9-,10+,11+,12-,13-,14+/m0/s1. The maximum absolute atomic E-state index is 11.4. The molecule has 1 amide bonds. The van der Waals surface area contributed by atoms with Gasteiger partial charge in [-0.15, -0.1) is 0 Å². The van der Waals surface area contributed by atoms with Gasteiger partial charge in [0.2, 0.25) is 5.91 Å². The van der Waals surface area contributed by atoms with E-state index >= 15 is 0 Å². The van der Waals surface area contributed by atoms with Crippen molar-refractivity contribution in [1.29, 1.82) is 0 Å². The molecule has 0 unspecified atom stereocenters. The Hall–Kier alpha value is -0.930. The van der Waals surface area contributed by atoms with Crippen LogP contribution in [0.2, 0.25) is 0 Å². The number of hydrogen-bond acceptors (Lipinski definition) is 11. The fraction of sp³-hybridized carbons (Fsp3) is 0.929. The summed E-state index contributed by atoms with van der Waals surface area (Å²) in [6.07, 6.45) is -13.7. The van der Waals surface area contributed by atoms with E-state index in [2.05, 4.69) is 5.32 Å². The molecular weight excluding hydrogens is 358 g/mol. The Morgan fingerprint density at radius 3 is 2.04 bits per heavy atom. The predicted octanol–water partition coefficient (Wildman–Crippen LogP) is -5.25. The lowest BCUT2D eigenvalue weighted by atomic mass is 9.95. The van der Waals surface area contributed by atoms with Crippen LogP contribution in [-0.2, 0) is 19.0 Å². The van der Waals surface area contributed by atoms with Gasteiger partial charge in [0.1, 0.15) is 48.8 Å². The van der Waals surface area contributed by atoms with Crippen LogP contribution in [0.4, 0.5) is 0 Å². The molecule has 2 aliphatic rings. The zero-order valence-electron chi connectivity index (χ0n) is 14.0. The van der Waals surface area contributed by atoms with E-state index in [0.717, 1.165) is 6.92 Å². The first kappa shape index (κ1) is 21.4. The molecule has 0 radical (unpaired) electrons. The van der Waals surface area contributed by atoms with Gasteiger partial charge in [-0.1, -0.05) is 0 Å². The first-order valence-corrected chi connectivity index (χ1v) is 8.06. The van der Waals surface area contributed by atoms with Gasteiger partial charge in [-0.3, -0.25) is 4.79 Å². The zero-order chi connectivity index (χ0) is 19.6. The summed E-state index contributed by atoms with van der Waals surface area (Å²) in [5, 5.41) is 70.7. The normalized spacial score (nSPS) is 46.8. The van der Waals surface area contributed by atoms with Crippen LogP contribution in [-0.4, -0.2) is 116 Å². The number of amides is 1. The Morgan fingerprint density at radius 1 is 0.923 bits per heavy atom. The Balaban J connectivity index is 2.21. The topological polar surface area (TPSA) is 198 Å². The molecular formula is C14H25NO11. The van der Waals surface area contributed by atoms with Gasteiger partial charge >= 0.3 is 0 Å². The minimum Gasteiger partial charge on any atom is -0.394 e. The average molecular weight is 383 g/mol. The maximum Gasteiger partial charge on any atom is 0.217 e. The number of carbonyl (C=O) groups is 1. The van der Waals surface area contributed by atoms with Gasteiger partial charge in [0.15, 0.2) is 12.6 Å². The molecule has 10 atom stereocenters. The van der Waals surface area contributed by atoms with E-state index in [1.807, 2.05) is 0 Å². The Morgan fingerprint density at radius 2 is 1.50 bits per heavy atom. The maximum atomic E-state index is 11.4. The van der Waals surface area contributed by atoms with Crippen LogP contribution >= 0.6 is 0 Å². The van der Waals surface area contributed by atoms with Crippen LogP contribution in [0, 0.1) is 0 Å². The molecule has 2 saturated heterocycles. The summed E-state index contributed by atoms with van der Waals surface area (Å²) in [5.74, 6) is -0.574. The number of ether oxygens (including phenoxy) is 3. The van der Waals surface area contributed by atoms with Gasteiger partial charge in [-0.2, -0.15) is 0 Å². The van der Waals surface area contributed by atoms with E-state index in [1.165, 1.54) is 0 Å². The minimum absolute atomic E-state index is 0.574. The van der Waals surface area contributed by atoms with Crippen molar-refractivity contribution in [3.8, 4) is 0 Å². The fourth-order valence-corrected chi connectivity index (χ4v) is 2.97. The second kappa shape index (κ2) is 8.84. The van der Waals surface area contributed by atoms with E-state index in [4.69, 9.17) is 14.2 Å². The summed E-state index contributed by atoms with van der Waals surface area (Å²) in [7, 11) is 0.